The SMILES string of the molecule is N#CCCN(C1CC1)S(=O)(=O)c1ccc([N+](=O)[O-])cc1Cl. The fraction of sp³-hybridized carbons (Fsp3) is 0.417. The molecule has 0 bridgehead atoms. The maximum absolute atomic E-state index is 12.6. The van der Waals surface area contributed by atoms with E-state index >= 15 is 0 Å². The van der Waals surface area contributed by atoms with Crippen molar-refractivity contribution in [1.29, 1.82) is 5.26 Å². The van der Waals surface area contributed by atoms with E-state index < -0.39 is 14.9 Å². The molecule has 7 nitrogen and oxygen atoms in total. The van der Waals surface area contributed by atoms with Gasteiger partial charge in [-0.15, -0.1) is 0 Å². The summed E-state index contributed by atoms with van der Waals surface area (Å²) >= 11 is 5.89. The monoisotopic (exact) mass is 329 g/mol. The summed E-state index contributed by atoms with van der Waals surface area (Å²) in [5, 5.41) is 19.1. The number of non-ortho nitro benzene ring substituents is 1. The van der Waals surface area contributed by atoms with E-state index in [-0.39, 0.29) is 34.6 Å². The lowest BCUT2D eigenvalue weighted by atomic mass is 10.3. The highest BCUT2D eigenvalue weighted by atomic mass is 35.5. The first-order valence-corrected chi connectivity index (χ1v) is 8.02. The summed E-state index contributed by atoms with van der Waals surface area (Å²) in [4.78, 5) is 9.85. The zero-order valence-corrected chi connectivity index (χ0v) is 12.5. The molecule has 1 aromatic carbocycles. The highest BCUT2D eigenvalue weighted by Gasteiger charge is 2.38. The molecule has 0 heterocycles. The van der Waals surface area contributed by atoms with E-state index in [4.69, 9.17) is 16.9 Å². The van der Waals surface area contributed by atoms with Crippen molar-refractivity contribution in [2.24, 2.45) is 0 Å². The van der Waals surface area contributed by atoms with Crippen molar-refractivity contribution in [3.05, 3.63) is 33.3 Å². The lowest BCUT2D eigenvalue weighted by Gasteiger charge is -2.21. The van der Waals surface area contributed by atoms with Gasteiger partial charge in [0, 0.05) is 31.1 Å². The van der Waals surface area contributed by atoms with Crippen LogP contribution in [0.25, 0.3) is 0 Å². The van der Waals surface area contributed by atoms with Gasteiger partial charge in [-0.1, -0.05) is 11.6 Å². The van der Waals surface area contributed by atoms with Crippen LogP contribution in [0.5, 0.6) is 0 Å². The van der Waals surface area contributed by atoms with E-state index in [0.29, 0.717) is 0 Å². The molecule has 0 aromatic heterocycles. The third-order valence-electron chi connectivity index (χ3n) is 3.11. The van der Waals surface area contributed by atoms with Gasteiger partial charge in [0.1, 0.15) is 4.90 Å². The van der Waals surface area contributed by atoms with Crippen molar-refractivity contribution < 1.29 is 13.3 Å². The minimum Gasteiger partial charge on any atom is -0.258 e. The Hall–Kier alpha value is -1.69. The molecule has 0 unspecified atom stereocenters. The molecule has 0 saturated heterocycles. The van der Waals surface area contributed by atoms with Crippen LogP contribution >= 0.6 is 11.6 Å². The molecular weight excluding hydrogens is 318 g/mol. The molecule has 2 rings (SSSR count). The van der Waals surface area contributed by atoms with Crippen LogP contribution in [0.15, 0.2) is 23.1 Å². The van der Waals surface area contributed by atoms with Gasteiger partial charge in [0.05, 0.1) is 16.0 Å². The van der Waals surface area contributed by atoms with Crippen LogP contribution in [0.2, 0.25) is 5.02 Å². The third-order valence-corrected chi connectivity index (χ3v) is 5.55. The predicted octanol–water partition coefficient (Wildman–Crippen LogP) is 2.31. The molecule has 1 aliphatic rings. The number of hydrogen-bond acceptors (Lipinski definition) is 5. The summed E-state index contributed by atoms with van der Waals surface area (Å²) in [7, 11) is -3.86. The Bertz CT molecular complexity index is 710. The molecule has 21 heavy (non-hydrogen) atoms. The van der Waals surface area contributed by atoms with Gasteiger partial charge in [-0.3, -0.25) is 10.1 Å². The maximum Gasteiger partial charge on any atom is 0.271 e. The van der Waals surface area contributed by atoms with Crippen molar-refractivity contribution in [1.82, 2.24) is 4.31 Å². The Kier molecular flexibility index (Phi) is 4.46. The van der Waals surface area contributed by atoms with E-state index in [1.165, 1.54) is 4.31 Å². The second-order valence-corrected chi connectivity index (χ2v) is 6.89. The van der Waals surface area contributed by atoms with Crippen LogP contribution in [0.3, 0.4) is 0 Å². The lowest BCUT2D eigenvalue weighted by molar-refractivity contribution is -0.384. The predicted molar refractivity (Wildman–Crippen MR) is 75.3 cm³/mol. The third kappa shape index (κ3) is 3.32. The number of nitriles is 1. The van der Waals surface area contributed by atoms with Gasteiger partial charge in [0.2, 0.25) is 10.0 Å². The summed E-state index contributed by atoms with van der Waals surface area (Å²) in [5.74, 6) is 0. The Morgan fingerprint density at radius 1 is 1.48 bits per heavy atom. The van der Waals surface area contributed by atoms with Gasteiger partial charge in [-0.2, -0.15) is 9.57 Å². The zero-order valence-electron chi connectivity index (χ0n) is 10.9. The average Bonchev–Trinajstić information content (AvgIpc) is 3.23. The van der Waals surface area contributed by atoms with Crippen molar-refractivity contribution in [2.75, 3.05) is 6.54 Å². The number of benzene rings is 1. The molecule has 0 radical (unpaired) electrons. The molecule has 9 heteroatoms. The molecular formula is C12H12ClN3O4S. The maximum atomic E-state index is 12.6. The van der Waals surface area contributed by atoms with Crippen LogP contribution < -0.4 is 0 Å². The largest absolute Gasteiger partial charge is 0.271 e. The van der Waals surface area contributed by atoms with Gasteiger partial charge in [0.15, 0.2) is 0 Å². The summed E-state index contributed by atoms with van der Waals surface area (Å²) < 4.78 is 26.4. The zero-order chi connectivity index (χ0) is 15.6. The molecule has 0 N–H and O–H groups in total. The number of nitrogens with zero attached hydrogens (tertiary/aromatic N) is 3. The summed E-state index contributed by atoms with van der Waals surface area (Å²) in [6.45, 7) is 0.0941. The first-order valence-electron chi connectivity index (χ1n) is 6.20. The first-order chi connectivity index (χ1) is 9.87. The highest BCUT2D eigenvalue weighted by molar-refractivity contribution is 7.89. The molecule has 0 amide bonds. The molecule has 1 aromatic rings. The normalized spacial score (nSPS) is 14.9. The number of rotatable bonds is 6. The number of nitro groups is 1. The molecule has 1 saturated carbocycles. The Morgan fingerprint density at radius 3 is 2.62 bits per heavy atom. The van der Waals surface area contributed by atoms with Crippen molar-refractivity contribution in [2.45, 2.75) is 30.2 Å². The first kappa shape index (κ1) is 15.7. The lowest BCUT2D eigenvalue weighted by Crippen LogP contribution is -2.34. The topological polar surface area (TPSA) is 104 Å². The highest BCUT2D eigenvalue weighted by Crippen LogP contribution is 2.35. The molecule has 0 aliphatic heterocycles. The van der Waals surface area contributed by atoms with Crippen LogP contribution in [0.4, 0.5) is 5.69 Å². The minimum atomic E-state index is -3.86. The van der Waals surface area contributed by atoms with E-state index in [0.717, 1.165) is 31.0 Å². The van der Waals surface area contributed by atoms with Gasteiger partial charge < -0.3 is 0 Å². The van der Waals surface area contributed by atoms with Crippen LogP contribution in [0, 0.1) is 21.4 Å². The second kappa shape index (κ2) is 5.97. The number of nitro benzene ring substituents is 1. The standard InChI is InChI=1S/C12H12ClN3O4S/c13-11-8-10(16(17)18)4-5-12(11)21(19,20)15(7-1-6-14)9-2-3-9/h4-5,8-9H,1-3,7H2. The quantitative estimate of drug-likeness (QED) is 0.588. The number of halogens is 1. The van der Waals surface area contributed by atoms with E-state index in [2.05, 4.69) is 0 Å². The molecule has 1 aliphatic carbocycles. The van der Waals surface area contributed by atoms with Crippen molar-refractivity contribution in [3.63, 3.8) is 0 Å². The van der Waals surface area contributed by atoms with E-state index in [1.54, 1.807) is 0 Å². The summed E-state index contributed by atoms with van der Waals surface area (Å²) in [6, 6.07) is 5.06. The summed E-state index contributed by atoms with van der Waals surface area (Å²) in [5.41, 5.74) is -0.269. The number of sulfonamides is 1. The smallest absolute Gasteiger partial charge is 0.258 e. The Balaban J connectivity index is 2.38. The fourth-order valence-electron chi connectivity index (χ4n) is 1.96. The molecule has 0 atom stereocenters. The van der Waals surface area contributed by atoms with Crippen LogP contribution in [-0.2, 0) is 10.0 Å². The van der Waals surface area contributed by atoms with Crippen LogP contribution in [0.1, 0.15) is 19.3 Å². The molecule has 112 valence electrons. The Morgan fingerprint density at radius 2 is 2.14 bits per heavy atom. The fourth-order valence-corrected chi connectivity index (χ4v) is 4.16. The number of hydrogen-bond donors (Lipinski definition) is 0. The summed E-state index contributed by atoms with van der Waals surface area (Å²) in [6.07, 6.45) is 1.57. The van der Waals surface area contributed by atoms with Gasteiger partial charge in [0.25, 0.3) is 5.69 Å². The van der Waals surface area contributed by atoms with E-state index in [9.17, 15) is 18.5 Å². The second-order valence-electron chi connectivity index (χ2n) is 4.63. The van der Waals surface area contributed by atoms with Crippen molar-refractivity contribution >= 4 is 27.3 Å². The van der Waals surface area contributed by atoms with Gasteiger partial charge in [-0.05, 0) is 18.9 Å². The molecule has 1 fully saturated rings. The molecule has 0 spiro atoms. The van der Waals surface area contributed by atoms with Crippen molar-refractivity contribution in [3.8, 4) is 6.07 Å². The average molecular weight is 330 g/mol. The van der Waals surface area contributed by atoms with Gasteiger partial charge in [-0.25, -0.2) is 8.42 Å². The Labute approximate surface area is 126 Å². The van der Waals surface area contributed by atoms with Crippen LogP contribution in [-0.4, -0.2) is 30.2 Å². The van der Waals surface area contributed by atoms with Gasteiger partial charge >= 0.3 is 0 Å². The van der Waals surface area contributed by atoms with E-state index in [1.807, 2.05) is 6.07 Å². The minimum absolute atomic E-state index is 0.0837.